The van der Waals surface area contributed by atoms with Gasteiger partial charge < -0.3 is 35.2 Å². The van der Waals surface area contributed by atoms with Gasteiger partial charge in [-0.3, -0.25) is 9.97 Å². The number of aromatic carboxylic acids is 3. The molecule has 0 unspecified atom stereocenters. The van der Waals surface area contributed by atoms with E-state index in [1.807, 2.05) is 54.6 Å². The maximum Gasteiger partial charge on any atom is 3.00 e. The second kappa shape index (κ2) is 23.4. The summed E-state index contributed by atoms with van der Waals surface area (Å²) in [5, 5.41) is 30.6. The standard InChI is InChI=1S/C15H11N3.3C7H5BrO2.H2O.Y/c1-3-10-16-12(6-1)14-8-5-9-15(18-14)13-7-2-4-11-17-13;3*8-6-3-1-5(2-4-6)7(9)10;;/h1-11H;3*1-4H,(H,9,10);1H2;/q;;;;;+3/p-2. The van der Waals surface area contributed by atoms with E-state index in [1.54, 1.807) is 48.8 Å². The summed E-state index contributed by atoms with van der Waals surface area (Å²) in [7, 11) is 0. The minimum Gasteiger partial charge on any atom is -0.545 e. The van der Waals surface area contributed by atoms with Gasteiger partial charge in [0, 0.05) is 25.8 Å². The van der Waals surface area contributed by atoms with Crippen molar-refractivity contribution < 1.29 is 67.9 Å². The molecule has 0 amide bonds. The Morgan fingerprint density at radius 3 is 0.940 bits per heavy atom. The van der Waals surface area contributed by atoms with Gasteiger partial charge in [-0.05, 0) is 89.5 Å². The summed E-state index contributed by atoms with van der Waals surface area (Å²) in [5.74, 6) is -3.44. The number of rotatable bonds is 5. The topological polar surface area (TPSA) is 192 Å². The third kappa shape index (κ3) is 15.7. The molecule has 3 N–H and O–H groups in total. The molecule has 3 aromatic carbocycles. The molecule has 250 valence electrons. The molecule has 0 saturated heterocycles. The third-order valence-electron chi connectivity index (χ3n) is 5.84. The molecular weight excluding hydrogens is 915 g/mol. The van der Waals surface area contributed by atoms with Crippen molar-refractivity contribution in [2.45, 2.75) is 0 Å². The molecule has 0 atom stereocenters. The minimum absolute atomic E-state index is 0. The van der Waals surface area contributed by atoms with Gasteiger partial charge in [-0.2, -0.15) is 0 Å². The summed E-state index contributed by atoms with van der Waals surface area (Å²) >= 11 is 9.54. The Labute approximate surface area is 338 Å². The molecule has 10 nitrogen and oxygen atoms in total. The SMILES string of the molecule is O=C([O-])c1ccc(Br)cc1.O=C([O-])c1ccc(Br)cc1.O=C([O-])c1ccc(Br)cc1.[OH3+].[Y+3].c1ccc(-c2cccc(-c3ccccn3)n2)nc1. The summed E-state index contributed by atoms with van der Waals surface area (Å²) in [4.78, 5) is 43.7. The number of pyridine rings is 3. The van der Waals surface area contributed by atoms with Gasteiger partial charge in [-0.1, -0.05) is 102 Å². The summed E-state index contributed by atoms with van der Waals surface area (Å²) in [6, 6.07) is 36.3. The monoisotopic (exact) mass is 938 g/mol. The van der Waals surface area contributed by atoms with E-state index in [1.165, 1.54) is 36.4 Å². The number of hydrogen-bond donors (Lipinski definition) is 0. The van der Waals surface area contributed by atoms with Crippen molar-refractivity contribution in [3.8, 4) is 22.8 Å². The molecule has 0 saturated carbocycles. The Morgan fingerprint density at radius 2 is 0.700 bits per heavy atom. The molecule has 6 rings (SSSR count). The maximum absolute atomic E-state index is 10.2. The molecule has 6 aromatic rings. The summed E-state index contributed by atoms with van der Waals surface area (Å²) < 4.78 is 2.58. The van der Waals surface area contributed by atoms with Crippen molar-refractivity contribution in [3.63, 3.8) is 0 Å². The first-order valence-corrected chi connectivity index (χ1v) is 16.1. The molecule has 0 aliphatic carbocycles. The predicted octanol–water partition coefficient (Wildman–Crippen LogP) is 4.72. The van der Waals surface area contributed by atoms with E-state index in [9.17, 15) is 29.7 Å². The van der Waals surface area contributed by atoms with Crippen LogP contribution in [0.3, 0.4) is 0 Å². The van der Waals surface area contributed by atoms with E-state index in [4.69, 9.17) is 0 Å². The molecule has 3 heterocycles. The maximum atomic E-state index is 10.2. The zero-order valence-corrected chi connectivity index (χ0v) is 33.5. The number of nitrogens with zero attached hydrogens (tertiary/aromatic N) is 3. The van der Waals surface area contributed by atoms with E-state index >= 15 is 0 Å². The van der Waals surface area contributed by atoms with Crippen LogP contribution in [-0.4, -0.2) is 32.9 Å². The van der Waals surface area contributed by atoms with Gasteiger partial charge in [0.25, 0.3) is 0 Å². The van der Waals surface area contributed by atoms with Gasteiger partial charge in [0.1, 0.15) is 0 Å². The van der Waals surface area contributed by atoms with Crippen LogP contribution in [0.15, 0.2) is 153 Å². The summed E-state index contributed by atoms with van der Waals surface area (Å²) in [6.45, 7) is 0. The summed E-state index contributed by atoms with van der Waals surface area (Å²) in [6.07, 6.45) is 3.54. The number of carboxylic acids is 3. The molecule has 50 heavy (non-hydrogen) atoms. The van der Waals surface area contributed by atoms with Crippen LogP contribution in [0.25, 0.3) is 22.8 Å². The second-order valence-electron chi connectivity index (χ2n) is 9.22. The molecular formula is C36H26Br3N3O7Y+. The van der Waals surface area contributed by atoms with E-state index in [0.717, 1.165) is 36.2 Å². The van der Waals surface area contributed by atoms with Crippen LogP contribution in [0.1, 0.15) is 31.1 Å². The average molecular weight is 941 g/mol. The number of hydrogen-bond acceptors (Lipinski definition) is 9. The fraction of sp³-hybridized carbons (Fsp3) is 0. The molecule has 0 fully saturated rings. The van der Waals surface area contributed by atoms with Gasteiger partial charge in [-0.15, -0.1) is 0 Å². The van der Waals surface area contributed by atoms with Gasteiger partial charge in [0.05, 0.1) is 40.7 Å². The van der Waals surface area contributed by atoms with Gasteiger partial charge in [0.2, 0.25) is 0 Å². The Kier molecular flexibility index (Phi) is 20.6. The van der Waals surface area contributed by atoms with Crippen LogP contribution < -0.4 is 15.3 Å². The zero-order chi connectivity index (χ0) is 34.9. The Bertz CT molecular complexity index is 1730. The van der Waals surface area contributed by atoms with Crippen molar-refractivity contribution in [1.29, 1.82) is 0 Å². The van der Waals surface area contributed by atoms with Crippen molar-refractivity contribution in [2.75, 3.05) is 0 Å². The second-order valence-corrected chi connectivity index (χ2v) is 12.0. The first-order chi connectivity index (χ1) is 23.0. The van der Waals surface area contributed by atoms with Crippen LogP contribution in [0, 0.1) is 0 Å². The van der Waals surface area contributed by atoms with Crippen LogP contribution in [0.4, 0.5) is 0 Å². The third-order valence-corrected chi connectivity index (χ3v) is 7.43. The van der Waals surface area contributed by atoms with Crippen molar-refractivity contribution in [2.24, 2.45) is 0 Å². The smallest absolute Gasteiger partial charge is 0.545 e. The Hall–Kier alpha value is -3.98. The molecule has 0 spiro atoms. The molecule has 0 bridgehead atoms. The number of halogens is 3. The first kappa shape index (κ1) is 44.0. The molecule has 0 aliphatic rings. The van der Waals surface area contributed by atoms with Crippen LogP contribution in [0.5, 0.6) is 0 Å². The molecule has 3 aromatic heterocycles. The zero-order valence-electron chi connectivity index (χ0n) is 25.9. The Morgan fingerprint density at radius 1 is 0.420 bits per heavy atom. The first-order valence-electron chi connectivity index (χ1n) is 13.7. The number of benzene rings is 3. The number of aromatic nitrogens is 3. The normalized spacial score (nSPS) is 9.26. The average Bonchev–Trinajstić information content (AvgIpc) is 3.10. The van der Waals surface area contributed by atoms with Crippen LogP contribution in [0.2, 0.25) is 0 Å². The number of carbonyl (C=O) groups excluding carboxylic acids is 3. The van der Waals surface area contributed by atoms with Gasteiger partial charge in [-0.25, -0.2) is 4.98 Å². The number of carbonyl (C=O) groups is 3. The van der Waals surface area contributed by atoms with E-state index < -0.39 is 17.9 Å². The Balaban J connectivity index is 0.000000344. The minimum atomic E-state index is -1.15. The molecule has 0 radical (unpaired) electrons. The molecule has 0 aliphatic heterocycles. The predicted molar refractivity (Wildman–Crippen MR) is 191 cm³/mol. The van der Waals surface area contributed by atoms with Crippen LogP contribution >= 0.6 is 47.8 Å². The van der Waals surface area contributed by atoms with E-state index in [-0.39, 0.29) is 54.9 Å². The largest absolute Gasteiger partial charge is 3.00 e. The van der Waals surface area contributed by atoms with Crippen molar-refractivity contribution >= 4 is 65.7 Å². The van der Waals surface area contributed by atoms with E-state index in [0.29, 0.717) is 0 Å². The van der Waals surface area contributed by atoms with E-state index in [2.05, 4.69) is 62.7 Å². The van der Waals surface area contributed by atoms with Crippen molar-refractivity contribution in [3.05, 3.63) is 170 Å². The molecule has 14 heteroatoms. The fourth-order valence-electron chi connectivity index (χ4n) is 3.51. The quantitative estimate of drug-likeness (QED) is 0.220. The fourth-order valence-corrected chi connectivity index (χ4v) is 4.30. The van der Waals surface area contributed by atoms with Gasteiger partial charge in [0.15, 0.2) is 0 Å². The van der Waals surface area contributed by atoms with Gasteiger partial charge >= 0.3 is 32.7 Å². The van der Waals surface area contributed by atoms with Crippen molar-refractivity contribution in [1.82, 2.24) is 15.0 Å². The summed E-state index contributed by atoms with van der Waals surface area (Å²) in [5.41, 5.74) is 4.05. The van der Waals surface area contributed by atoms with Crippen LogP contribution in [-0.2, 0) is 38.2 Å². The number of carboxylic acid groups (broad SMARTS) is 3.